The molecule has 1 heterocycles. The highest BCUT2D eigenvalue weighted by molar-refractivity contribution is 5.68. The van der Waals surface area contributed by atoms with E-state index in [-0.39, 0.29) is 0 Å². The van der Waals surface area contributed by atoms with Crippen LogP contribution in [0.2, 0.25) is 0 Å². The first kappa shape index (κ1) is 13.8. The summed E-state index contributed by atoms with van der Waals surface area (Å²) in [6, 6.07) is 18.6. The lowest BCUT2D eigenvalue weighted by Crippen LogP contribution is -2.42. The van der Waals surface area contributed by atoms with Gasteiger partial charge in [0.1, 0.15) is 0 Å². The van der Waals surface area contributed by atoms with E-state index in [2.05, 4.69) is 46.6 Å². The molecular weight excluding hydrogens is 258 g/mol. The summed E-state index contributed by atoms with van der Waals surface area (Å²) >= 11 is 0. The van der Waals surface area contributed by atoms with Crippen LogP contribution in [-0.2, 0) is 6.54 Å². The second-order valence-corrected chi connectivity index (χ2v) is 5.38. The molecule has 1 aliphatic rings. The van der Waals surface area contributed by atoms with E-state index in [0.717, 1.165) is 38.3 Å². The molecule has 1 N–H and O–H groups in total. The summed E-state index contributed by atoms with van der Waals surface area (Å²) < 4.78 is 0. The zero-order valence-electron chi connectivity index (χ0n) is 12.0. The molecule has 21 heavy (non-hydrogen) atoms. The average Bonchev–Trinajstić information content (AvgIpc) is 2.56. The van der Waals surface area contributed by atoms with Gasteiger partial charge >= 0.3 is 0 Å². The lowest BCUT2D eigenvalue weighted by Gasteiger charge is -2.28. The van der Waals surface area contributed by atoms with Crippen molar-refractivity contribution in [1.82, 2.24) is 10.2 Å². The van der Waals surface area contributed by atoms with Gasteiger partial charge in [-0.05, 0) is 28.8 Å². The Morgan fingerprint density at radius 2 is 1.86 bits per heavy atom. The summed E-state index contributed by atoms with van der Waals surface area (Å²) in [6.45, 7) is 5.27. The smallest absolute Gasteiger partial charge is 0.0991 e. The fourth-order valence-electron chi connectivity index (χ4n) is 2.81. The highest BCUT2D eigenvalue weighted by Gasteiger charge is 2.12. The Balaban J connectivity index is 1.89. The van der Waals surface area contributed by atoms with Crippen LogP contribution in [0.15, 0.2) is 48.5 Å². The van der Waals surface area contributed by atoms with E-state index in [9.17, 15) is 0 Å². The van der Waals surface area contributed by atoms with Gasteiger partial charge in [-0.1, -0.05) is 36.4 Å². The number of nitriles is 1. The number of hydrogen-bond donors (Lipinski definition) is 1. The number of nitrogens with one attached hydrogen (secondary N) is 1. The second kappa shape index (κ2) is 6.53. The van der Waals surface area contributed by atoms with E-state index in [1.54, 1.807) is 0 Å². The first-order chi connectivity index (χ1) is 10.4. The van der Waals surface area contributed by atoms with Crippen molar-refractivity contribution in [2.24, 2.45) is 0 Å². The van der Waals surface area contributed by atoms with Crippen molar-refractivity contribution >= 4 is 0 Å². The fourth-order valence-corrected chi connectivity index (χ4v) is 2.81. The highest BCUT2D eigenvalue weighted by atomic mass is 15.2. The molecule has 1 saturated heterocycles. The Morgan fingerprint density at radius 1 is 1.05 bits per heavy atom. The van der Waals surface area contributed by atoms with Gasteiger partial charge in [-0.2, -0.15) is 5.26 Å². The summed E-state index contributed by atoms with van der Waals surface area (Å²) in [5.74, 6) is 0. The zero-order valence-corrected chi connectivity index (χ0v) is 12.0. The molecule has 0 bridgehead atoms. The molecular formula is C18H19N3. The maximum absolute atomic E-state index is 9.07. The number of rotatable bonds is 3. The lowest BCUT2D eigenvalue weighted by atomic mass is 9.98. The van der Waals surface area contributed by atoms with Crippen molar-refractivity contribution in [3.63, 3.8) is 0 Å². The topological polar surface area (TPSA) is 39.1 Å². The molecule has 3 rings (SSSR count). The number of nitrogens with zero attached hydrogens (tertiary/aromatic N) is 2. The monoisotopic (exact) mass is 277 g/mol. The van der Waals surface area contributed by atoms with Crippen LogP contribution in [0.5, 0.6) is 0 Å². The van der Waals surface area contributed by atoms with Crippen molar-refractivity contribution in [1.29, 1.82) is 5.26 Å². The molecule has 3 nitrogen and oxygen atoms in total. The van der Waals surface area contributed by atoms with Crippen molar-refractivity contribution < 1.29 is 0 Å². The molecule has 0 amide bonds. The SMILES string of the molecule is N#Cc1cccc(-c2ccccc2CN2CCNCC2)c1. The third kappa shape index (κ3) is 3.30. The van der Waals surface area contributed by atoms with Gasteiger partial charge in [0.2, 0.25) is 0 Å². The van der Waals surface area contributed by atoms with Crippen LogP contribution < -0.4 is 5.32 Å². The Hall–Kier alpha value is -2.15. The summed E-state index contributed by atoms with van der Waals surface area (Å²) in [5, 5.41) is 12.5. The van der Waals surface area contributed by atoms with Crippen LogP contribution in [0.3, 0.4) is 0 Å². The zero-order chi connectivity index (χ0) is 14.5. The molecule has 3 heteroatoms. The van der Waals surface area contributed by atoms with Crippen LogP contribution in [0.1, 0.15) is 11.1 Å². The van der Waals surface area contributed by atoms with Crippen molar-refractivity contribution in [3.05, 3.63) is 59.7 Å². The predicted molar refractivity (Wildman–Crippen MR) is 84.7 cm³/mol. The van der Waals surface area contributed by atoms with Gasteiger partial charge in [0.15, 0.2) is 0 Å². The Kier molecular flexibility index (Phi) is 4.30. The first-order valence-corrected chi connectivity index (χ1v) is 7.38. The maximum atomic E-state index is 9.07. The molecule has 0 radical (unpaired) electrons. The Morgan fingerprint density at radius 3 is 2.67 bits per heavy atom. The largest absolute Gasteiger partial charge is 0.314 e. The molecule has 0 aromatic heterocycles. The van der Waals surface area contributed by atoms with E-state index in [0.29, 0.717) is 5.56 Å². The summed E-state index contributed by atoms with van der Waals surface area (Å²) in [4.78, 5) is 2.48. The van der Waals surface area contributed by atoms with Crippen LogP contribution >= 0.6 is 0 Å². The van der Waals surface area contributed by atoms with Gasteiger partial charge in [-0.25, -0.2) is 0 Å². The van der Waals surface area contributed by atoms with Crippen molar-refractivity contribution in [2.45, 2.75) is 6.54 Å². The molecule has 2 aromatic carbocycles. The number of hydrogen-bond acceptors (Lipinski definition) is 3. The standard InChI is InChI=1S/C18H19N3/c19-13-15-4-3-6-16(12-15)18-7-2-1-5-17(18)14-21-10-8-20-9-11-21/h1-7,12,20H,8-11,14H2. The lowest BCUT2D eigenvalue weighted by molar-refractivity contribution is 0.233. The van der Waals surface area contributed by atoms with Crippen LogP contribution in [0, 0.1) is 11.3 Å². The minimum Gasteiger partial charge on any atom is -0.314 e. The van der Waals surface area contributed by atoms with Gasteiger partial charge in [0, 0.05) is 32.7 Å². The minimum absolute atomic E-state index is 0.712. The molecule has 0 spiro atoms. The predicted octanol–water partition coefficient (Wildman–Crippen LogP) is 2.63. The van der Waals surface area contributed by atoms with Gasteiger partial charge in [0.05, 0.1) is 11.6 Å². The molecule has 1 fully saturated rings. The number of piperazine rings is 1. The maximum Gasteiger partial charge on any atom is 0.0991 e. The summed E-state index contributed by atoms with van der Waals surface area (Å²) in [5.41, 5.74) is 4.40. The van der Waals surface area contributed by atoms with E-state index < -0.39 is 0 Å². The van der Waals surface area contributed by atoms with Gasteiger partial charge < -0.3 is 5.32 Å². The van der Waals surface area contributed by atoms with Crippen LogP contribution in [0.4, 0.5) is 0 Å². The number of benzene rings is 2. The van der Waals surface area contributed by atoms with E-state index in [1.165, 1.54) is 11.1 Å². The second-order valence-electron chi connectivity index (χ2n) is 5.38. The quantitative estimate of drug-likeness (QED) is 0.937. The Labute approximate surface area is 125 Å². The van der Waals surface area contributed by atoms with Gasteiger partial charge in [-0.3, -0.25) is 4.90 Å². The van der Waals surface area contributed by atoms with Crippen molar-refractivity contribution in [2.75, 3.05) is 26.2 Å². The van der Waals surface area contributed by atoms with E-state index in [1.807, 2.05) is 18.2 Å². The molecule has 0 unspecified atom stereocenters. The summed E-state index contributed by atoms with van der Waals surface area (Å²) in [7, 11) is 0. The minimum atomic E-state index is 0.712. The molecule has 0 saturated carbocycles. The van der Waals surface area contributed by atoms with E-state index in [4.69, 9.17) is 5.26 Å². The highest BCUT2D eigenvalue weighted by Crippen LogP contribution is 2.25. The molecule has 1 aliphatic heterocycles. The van der Waals surface area contributed by atoms with E-state index >= 15 is 0 Å². The summed E-state index contributed by atoms with van der Waals surface area (Å²) in [6.07, 6.45) is 0. The first-order valence-electron chi connectivity index (χ1n) is 7.38. The van der Waals surface area contributed by atoms with Gasteiger partial charge in [0.25, 0.3) is 0 Å². The third-order valence-corrected chi connectivity index (χ3v) is 3.92. The molecule has 2 aromatic rings. The van der Waals surface area contributed by atoms with Crippen LogP contribution in [0.25, 0.3) is 11.1 Å². The van der Waals surface area contributed by atoms with Crippen molar-refractivity contribution in [3.8, 4) is 17.2 Å². The molecule has 0 atom stereocenters. The molecule has 0 aliphatic carbocycles. The fraction of sp³-hybridized carbons (Fsp3) is 0.278. The average molecular weight is 277 g/mol. The molecule has 106 valence electrons. The third-order valence-electron chi connectivity index (χ3n) is 3.92. The van der Waals surface area contributed by atoms with Gasteiger partial charge in [-0.15, -0.1) is 0 Å². The normalized spacial score (nSPS) is 15.6. The van der Waals surface area contributed by atoms with Crippen LogP contribution in [-0.4, -0.2) is 31.1 Å². The Bertz CT molecular complexity index is 652.